The summed E-state index contributed by atoms with van der Waals surface area (Å²) in [5.41, 5.74) is 0.141. The second-order valence-corrected chi connectivity index (χ2v) is 4.39. The Bertz CT molecular complexity index is 553. The van der Waals surface area contributed by atoms with Gasteiger partial charge >= 0.3 is 23.9 Å². The largest absolute Gasteiger partial charge is 0.460 e. The Kier molecular flexibility index (Phi) is 4.93. The lowest BCUT2D eigenvalue weighted by Gasteiger charge is -2.32. The van der Waals surface area contributed by atoms with Crippen LogP contribution in [0, 0.1) is 0 Å². The second kappa shape index (κ2) is 5.93. The lowest BCUT2D eigenvalue weighted by Crippen LogP contribution is -2.65. The van der Waals surface area contributed by atoms with E-state index in [4.69, 9.17) is 0 Å². The molecule has 0 aromatic heterocycles. The summed E-state index contributed by atoms with van der Waals surface area (Å²) in [7, 11) is 0. The van der Waals surface area contributed by atoms with Gasteiger partial charge in [0.2, 0.25) is 0 Å². The molecule has 0 spiro atoms. The van der Waals surface area contributed by atoms with Crippen LogP contribution in [0.4, 0.5) is 39.5 Å². The maximum atomic E-state index is 13.2. The van der Waals surface area contributed by atoms with Crippen molar-refractivity contribution in [2.75, 3.05) is 0 Å². The quantitative estimate of drug-likeness (QED) is 0.803. The fourth-order valence-corrected chi connectivity index (χ4v) is 1.41. The van der Waals surface area contributed by atoms with Crippen LogP contribution in [0.3, 0.4) is 0 Å². The van der Waals surface area contributed by atoms with Gasteiger partial charge in [-0.3, -0.25) is 4.79 Å². The van der Waals surface area contributed by atoms with Crippen molar-refractivity contribution < 1.29 is 44.3 Å². The number of carbonyl (C=O) groups is 1. The van der Waals surface area contributed by atoms with Gasteiger partial charge in [0, 0.05) is 6.54 Å². The average molecular weight is 353 g/mol. The molecule has 0 unspecified atom stereocenters. The Morgan fingerprint density at radius 2 is 1.30 bits per heavy atom. The predicted molar refractivity (Wildman–Crippen MR) is 59.2 cm³/mol. The van der Waals surface area contributed by atoms with Crippen molar-refractivity contribution in [2.24, 2.45) is 0 Å². The van der Waals surface area contributed by atoms with Crippen LogP contribution in [0.2, 0.25) is 0 Å². The van der Waals surface area contributed by atoms with Crippen molar-refractivity contribution in [3.05, 3.63) is 35.9 Å². The first-order chi connectivity index (χ1) is 10.2. The zero-order chi connectivity index (χ0) is 18.1. The maximum absolute atomic E-state index is 13.2. The average Bonchev–Trinajstić information content (AvgIpc) is 2.44. The van der Waals surface area contributed by atoms with E-state index in [2.05, 4.69) is 0 Å². The summed E-state index contributed by atoms with van der Waals surface area (Å²) in [6, 6.07) is 6.85. The summed E-state index contributed by atoms with van der Waals surface area (Å²) in [4.78, 5) is 11.0. The molecule has 1 amide bonds. The third-order valence-corrected chi connectivity index (χ3v) is 2.73. The highest BCUT2D eigenvalue weighted by Gasteiger charge is 2.83. The Morgan fingerprint density at radius 3 is 1.74 bits per heavy atom. The Labute approximate surface area is 123 Å². The van der Waals surface area contributed by atoms with Gasteiger partial charge in [-0.1, -0.05) is 30.3 Å². The molecule has 1 aromatic carbocycles. The van der Waals surface area contributed by atoms with Gasteiger partial charge in [0.05, 0.1) is 0 Å². The molecule has 0 aliphatic heterocycles. The molecule has 0 aliphatic rings. The van der Waals surface area contributed by atoms with E-state index in [9.17, 15) is 44.3 Å². The van der Waals surface area contributed by atoms with Gasteiger partial charge in [-0.2, -0.15) is 39.5 Å². The number of halogens is 9. The summed E-state index contributed by atoms with van der Waals surface area (Å²) >= 11 is 0. The van der Waals surface area contributed by atoms with E-state index >= 15 is 0 Å². The third kappa shape index (κ3) is 3.37. The lowest BCUT2D eigenvalue weighted by molar-refractivity contribution is -0.388. The van der Waals surface area contributed by atoms with E-state index in [1.54, 1.807) is 0 Å². The van der Waals surface area contributed by atoms with Crippen LogP contribution in [0.1, 0.15) is 5.56 Å². The van der Waals surface area contributed by atoms with Crippen molar-refractivity contribution in [1.29, 1.82) is 0 Å². The van der Waals surface area contributed by atoms with Gasteiger partial charge in [0.25, 0.3) is 5.91 Å². The fraction of sp³-hybridized carbons (Fsp3) is 0.417. The number of nitrogens with one attached hydrogen (secondary N) is 1. The standard InChI is InChI=1S/C12H8F9NO/c13-9(14,10(15,16)11(17,18)12(19,20)21)8(23)22-6-7-4-2-1-3-5-7/h1-5H,6H2,(H,22,23). The number of carbonyl (C=O) groups excluding carboxylic acids is 1. The predicted octanol–water partition coefficient (Wildman–Crippen LogP) is 3.77. The highest BCUT2D eigenvalue weighted by Crippen LogP contribution is 2.53. The highest BCUT2D eigenvalue weighted by atomic mass is 19.4. The Balaban J connectivity index is 2.97. The minimum absolute atomic E-state index is 0.141. The third-order valence-electron chi connectivity index (χ3n) is 2.73. The van der Waals surface area contributed by atoms with Crippen molar-refractivity contribution in [3.63, 3.8) is 0 Å². The first-order valence-electron chi connectivity index (χ1n) is 5.77. The van der Waals surface area contributed by atoms with Gasteiger partial charge in [0.15, 0.2) is 0 Å². The molecule has 0 radical (unpaired) electrons. The summed E-state index contributed by atoms with van der Waals surface area (Å²) < 4.78 is 113. The Hall–Kier alpha value is -1.94. The van der Waals surface area contributed by atoms with Crippen molar-refractivity contribution in [3.8, 4) is 0 Å². The molecule has 0 fully saturated rings. The monoisotopic (exact) mass is 353 g/mol. The first kappa shape index (κ1) is 19.1. The SMILES string of the molecule is O=C(NCc1ccccc1)C(F)(F)C(F)(F)C(F)(F)C(F)(F)F. The zero-order valence-corrected chi connectivity index (χ0v) is 10.9. The number of alkyl halides is 9. The van der Waals surface area contributed by atoms with Crippen LogP contribution in [-0.4, -0.2) is 29.9 Å². The number of hydrogen-bond donors (Lipinski definition) is 1. The summed E-state index contributed by atoms with van der Waals surface area (Å²) in [5, 5.41) is 1.20. The normalized spacial score (nSPS) is 13.8. The number of hydrogen-bond acceptors (Lipinski definition) is 1. The molecule has 0 aliphatic carbocycles. The molecule has 0 saturated carbocycles. The van der Waals surface area contributed by atoms with Crippen LogP contribution in [0.5, 0.6) is 0 Å². The molecule has 1 N–H and O–H groups in total. The molecule has 1 rings (SSSR count). The molecule has 0 heterocycles. The van der Waals surface area contributed by atoms with Gasteiger partial charge in [-0.25, -0.2) is 0 Å². The first-order valence-corrected chi connectivity index (χ1v) is 5.77. The topological polar surface area (TPSA) is 29.1 Å². The number of rotatable bonds is 5. The van der Waals surface area contributed by atoms with Crippen LogP contribution in [-0.2, 0) is 11.3 Å². The van der Waals surface area contributed by atoms with Crippen LogP contribution in [0.25, 0.3) is 0 Å². The number of benzene rings is 1. The van der Waals surface area contributed by atoms with Gasteiger partial charge in [0.1, 0.15) is 0 Å². The fourth-order valence-electron chi connectivity index (χ4n) is 1.41. The second-order valence-electron chi connectivity index (χ2n) is 4.39. The Morgan fingerprint density at radius 1 is 0.826 bits per heavy atom. The van der Waals surface area contributed by atoms with E-state index in [1.165, 1.54) is 35.6 Å². The summed E-state index contributed by atoms with van der Waals surface area (Å²) in [6.07, 6.45) is -6.96. The maximum Gasteiger partial charge on any atom is 0.460 e. The summed E-state index contributed by atoms with van der Waals surface area (Å²) in [6.45, 7) is -0.761. The smallest absolute Gasteiger partial charge is 0.347 e. The van der Waals surface area contributed by atoms with Gasteiger partial charge in [-0.05, 0) is 5.56 Å². The van der Waals surface area contributed by atoms with E-state index in [1.807, 2.05) is 0 Å². The molecule has 0 atom stereocenters. The molecular formula is C12H8F9NO. The molecule has 23 heavy (non-hydrogen) atoms. The molecule has 130 valence electrons. The molecule has 1 aromatic rings. The molecule has 0 bridgehead atoms. The van der Waals surface area contributed by atoms with Crippen molar-refractivity contribution >= 4 is 5.91 Å². The van der Waals surface area contributed by atoms with Crippen LogP contribution < -0.4 is 5.32 Å². The lowest BCUT2D eigenvalue weighted by atomic mass is 10.0. The molecule has 0 saturated heterocycles. The minimum Gasteiger partial charge on any atom is -0.347 e. The van der Waals surface area contributed by atoms with Crippen LogP contribution in [0.15, 0.2) is 30.3 Å². The van der Waals surface area contributed by atoms with Gasteiger partial charge < -0.3 is 5.32 Å². The van der Waals surface area contributed by atoms with E-state index in [-0.39, 0.29) is 5.56 Å². The molecule has 11 heteroatoms. The number of amides is 1. The van der Waals surface area contributed by atoms with E-state index < -0.39 is 36.4 Å². The minimum atomic E-state index is -7.09. The van der Waals surface area contributed by atoms with E-state index in [0.29, 0.717) is 0 Å². The van der Waals surface area contributed by atoms with Crippen LogP contribution >= 0.6 is 0 Å². The zero-order valence-electron chi connectivity index (χ0n) is 10.9. The van der Waals surface area contributed by atoms with Gasteiger partial charge in [-0.15, -0.1) is 0 Å². The van der Waals surface area contributed by atoms with Crippen molar-refractivity contribution in [1.82, 2.24) is 5.32 Å². The highest BCUT2D eigenvalue weighted by molar-refractivity contribution is 5.84. The summed E-state index contributed by atoms with van der Waals surface area (Å²) in [5.74, 6) is -23.3. The van der Waals surface area contributed by atoms with E-state index in [0.717, 1.165) is 0 Å². The molecule has 2 nitrogen and oxygen atoms in total. The van der Waals surface area contributed by atoms with Crippen molar-refractivity contribution in [2.45, 2.75) is 30.5 Å². The molecular weight excluding hydrogens is 345 g/mol.